The van der Waals surface area contributed by atoms with E-state index in [1.54, 1.807) is 0 Å². The van der Waals surface area contributed by atoms with Crippen LogP contribution in [0.5, 0.6) is 0 Å². The molecule has 0 bridgehead atoms. The summed E-state index contributed by atoms with van der Waals surface area (Å²) in [5.41, 5.74) is 1.54. The number of nitrogens with one attached hydrogen (secondary N) is 1. The standard InChI is InChI=1S/C18H18F4N4O2/c1-17(22)6-13(21)18(2,26-16(17)23)11-5-9(3-4-12(11)20)24-14(27)15-25-10(7-19)8-28-15/h3-5,8,13H,6-7H2,1-2H3,(H2,23,26)(H,24,27)/t13?,17-,18-/m1/s1. The zero-order valence-corrected chi connectivity index (χ0v) is 15.1. The highest BCUT2D eigenvalue weighted by Gasteiger charge is 2.49. The second-order valence-corrected chi connectivity index (χ2v) is 6.94. The Morgan fingerprint density at radius 1 is 1.43 bits per heavy atom. The Morgan fingerprint density at radius 3 is 2.79 bits per heavy atom. The van der Waals surface area contributed by atoms with Gasteiger partial charge in [-0.05, 0) is 32.0 Å². The molecular formula is C18H18F4N4O2. The summed E-state index contributed by atoms with van der Waals surface area (Å²) in [6.45, 7) is 1.50. The average Bonchev–Trinajstić information content (AvgIpc) is 3.11. The fourth-order valence-electron chi connectivity index (χ4n) is 2.95. The van der Waals surface area contributed by atoms with E-state index in [0.717, 1.165) is 19.3 Å². The molecule has 10 heteroatoms. The van der Waals surface area contributed by atoms with E-state index in [1.807, 2.05) is 0 Å². The van der Waals surface area contributed by atoms with E-state index in [0.29, 0.717) is 0 Å². The quantitative estimate of drug-likeness (QED) is 0.770. The van der Waals surface area contributed by atoms with Gasteiger partial charge in [-0.25, -0.2) is 22.5 Å². The van der Waals surface area contributed by atoms with E-state index in [9.17, 15) is 22.4 Å². The number of rotatable bonds is 4. The number of benzene rings is 1. The minimum Gasteiger partial charge on any atom is -0.441 e. The molecule has 0 fully saturated rings. The van der Waals surface area contributed by atoms with Crippen LogP contribution in [0.2, 0.25) is 0 Å². The molecule has 28 heavy (non-hydrogen) atoms. The number of carbonyl (C=O) groups excluding carboxylic acids is 1. The number of halogens is 4. The van der Waals surface area contributed by atoms with Crippen LogP contribution in [0.4, 0.5) is 23.2 Å². The maximum Gasteiger partial charge on any atom is 0.311 e. The first-order valence-electron chi connectivity index (χ1n) is 8.37. The number of aliphatic imine (C=N–C) groups is 1. The first kappa shape index (κ1) is 19.8. The lowest BCUT2D eigenvalue weighted by Gasteiger charge is -2.38. The minimum absolute atomic E-state index is 0.0565. The number of aromatic nitrogens is 1. The summed E-state index contributed by atoms with van der Waals surface area (Å²) in [5.74, 6) is -2.42. The van der Waals surface area contributed by atoms with Gasteiger partial charge in [0, 0.05) is 17.7 Å². The van der Waals surface area contributed by atoms with Crippen LogP contribution in [-0.2, 0) is 12.2 Å². The van der Waals surface area contributed by atoms with Crippen molar-refractivity contribution in [1.29, 1.82) is 0 Å². The summed E-state index contributed by atoms with van der Waals surface area (Å²) in [6.07, 6.45) is -1.45. The molecule has 3 atom stereocenters. The van der Waals surface area contributed by atoms with Gasteiger partial charge in [-0.15, -0.1) is 0 Å². The van der Waals surface area contributed by atoms with Crippen molar-refractivity contribution >= 4 is 17.4 Å². The van der Waals surface area contributed by atoms with Crippen molar-refractivity contribution < 1.29 is 26.8 Å². The van der Waals surface area contributed by atoms with Gasteiger partial charge in [0.2, 0.25) is 0 Å². The van der Waals surface area contributed by atoms with Crippen LogP contribution < -0.4 is 11.1 Å². The minimum atomic E-state index is -2.14. The lowest BCUT2D eigenvalue weighted by molar-refractivity contribution is 0.0990. The van der Waals surface area contributed by atoms with Crippen molar-refractivity contribution in [2.24, 2.45) is 10.7 Å². The second-order valence-electron chi connectivity index (χ2n) is 6.94. The SMILES string of the molecule is C[C@@]1(F)CC(F)[C@@](C)(c2cc(NC(=O)c3nc(CF)co3)ccc2F)N=C1N. The number of hydrogen-bond donors (Lipinski definition) is 2. The molecule has 0 spiro atoms. The van der Waals surface area contributed by atoms with Gasteiger partial charge in [0.25, 0.3) is 5.89 Å². The van der Waals surface area contributed by atoms with Crippen molar-refractivity contribution in [3.05, 3.63) is 47.4 Å². The van der Waals surface area contributed by atoms with Gasteiger partial charge < -0.3 is 15.5 Å². The number of oxazole rings is 1. The molecule has 1 unspecified atom stereocenters. The van der Waals surface area contributed by atoms with E-state index < -0.39 is 48.0 Å². The zero-order chi connectivity index (χ0) is 20.7. The topological polar surface area (TPSA) is 93.5 Å². The zero-order valence-electron chi connectivity index (χ0n) is 15.1. The smallest absolute Gasteiger partial charge is 0.311 e. The monoisotopic (exact) mass is 398 g/mol. The number of carbonyl (C=O) groups is 1. The van der Waals surface area contributed by atoms with Crippen LogP contribution in [0.3, 0.4) is 0 Å². The molecule has 1 aromatic heterocycles. The number of anilines is 1. The van der Waals surface area contributed by atoms with E-state index in [2.05, 4.69) is 15.3 Å². The Morgan fingerprint density at radius 2 is 2.14 bits per heavy atom. The number of alkyl halides is 3. The molecule has 6 nitrogen and oxygen atoms in total. The molecule has 1 aliphatic heterocycles. The highest BCUT2D eigenvalue weighted by atomic mass is 19.2. The van der Waals surface area contributed by atoms with Gasteiger partial charge in [0.15, 0.2) is 5.67 Å². The molecule has 3 rings (SSSR count). The highest BCUT2D eigenvalue weighted by molar-refractivity contribution is 6.01. The Hall–Kier alpha value is -2.91. The van der Waals surface area contributed by atoms with E-state index in [-0.39, 0.29) is 22.8 Å². The van der Waals surface area contributed by atoms with Crippen molar-refractivity contribution in [3.63, 3.8) is 0 Å². The molecule has 2 heterocycles. The Kier molecular flexibility index (Phi) is 4.90. The van der Waals surface area contributed by atoms with Gasteiger partial charge >= 0.3 is 5.91 Å². The summed E-state index contributed by atoms with van der Waals surface area (Å²) >= 11 is 0. The van der Waals surface area contributed by atoms with Crippen LogP contribution in [0, 0.1) is 5.82 Å². The van der Waals surface area contributed by atoms with Crippen LogP contribution in [0.25, 0.3) is 0 Å². The molecule has 2 aromatic rings. The third kappa shape index (κ3) is 3.46. The third-order valence-electron chi connectivity index (χ3n) is 4.71. The van der Waals surface area contributed by atoms with Crippen molar-refractivity contribution in [1.82, 2.24) is 4.98 Å². The maximum absolute atomic E-state index is 14.8. The van der Waals surface area contributed by atoms with Gasteiger partial charge in [0.05, 0.1) is 0 Å². The first-order valence-corrected chi connectivity index (χ1v) is 8.37. The summed E-state index contributed by atoms with van der Waals surface area (Å²) in [5, 5.41) is 2.40. The maximum atomic E-state index is 14.8. The number of amidine groups is 1. The highest BCUT2D eigenvalue weighted by Crippen LogP contribution is 2.42. The largest absolute Gasteiger partial charge is 0.441 e. The van der Waals surface area contributed by atoms with Crippen LogP contribution in [-0.4, -0.2) is 28.6 Å². The first-order chi connectivity index (χ1) is 13.1. The molecule has 0 aliphatic carbocycles. The van der Waals surface area contributed by atoms with Crippen LogP contribution in [0.15, 0.2) is 33.9 Å². The Bertz CT molecular complexity index is 943. The van der Waals surface area contributed by atoms with Gasteiger partial charge in [-0.3, -0.25) is 9.79 Å². The van der Waals surface area contributed by atoms with Gasteiger partial charge in [-0.2, -0.15) is 0 Å². The predicted octanol–water partition coefficient (Wildman–Crippen LogP) is 3.58. The lowest BCUT2D eigenvalue weighted by Crippen LogP contribution is -2.51. The second kappa shape index (κ2) is 6.92. The molecule has 0 radical (unpaired) electrons. The molecule has 150 valence electrons. The molecule has 0 saturated carbocycles. The van der Waals surface area contributed by atoms with Crippen LogP contribution >= 0.6 is 0 Å². The molecule has 0 saturated heterocycles. The Balaban J connectivity index is 1.93. The van der Waals surface area contributed by atoms with Crippen molar-refractivity contribution in [2.45, 2.75) is 44.3 Å². The number of nitrogens with zero attached hydrogens (tertiary/aromatic N) is 2. The van der Waals surface area contributed by atoms with Gasteiger partial charge in [-0.1, -0.05) is 0 Å². The van der Waals surface area contributed by atoms with E-state index in [1.165, 1.54) is 19.1 Å². The Labute approximate surface area is 157 Å². The lowest BCUT2D eigenvalue weighted by atomic mass is 9.79. The summed E-state index contributed by atoms with van der Waals surface area (Å²) in [6, 6.07) is 3.43. The summed E-state index contributed by atoms with van der Waals surface area (Å²) < 4.78 is 60.8. The molecule has 3 N–H and O–H groups in total. The molecular weight excluding hydrogens is 380 g/mol. The van der Waals surface area contributed by atoms with Gasteiger partial charge in [0.1, 0.15) is 42.0 Å². The molecule has 1 aliphatic rings. The number of amides is 1. The summed E-state index contributed by atoms with van der Waals surface area (Å²) in [4.78, 5) is 19.7. The van der Waals surface area contributed by atoms with Crippen molar-refractivity contribution in [2.75, 3.05) is 5.32 Å². The van der Waals surface area contributed by atoms with Crippen LogP contribution in [0.1, 0.15) is 42.2 Å². The third-order valence-corrected chi connectivity index (χ3v) is 4.71. The predicted molar refractivity (Wildman–Crippen MR) is 93.7 cm³/mol. The number of hydrogen-bond acceptors (Lipinski definition) is 5. The fraction of sp³-hybridized carbons (Fsp3) is 0.389. The average molecular weight is 398 g/mol. The normalized spacial score (nSPS) is 27.4. The van der Waals surface area contributed by atoms with Crippen molar-refractivity contribution in [3.8, 4) is 0 Å². The number of nitrogens with two attached hydrogens (primary N) is 1. The fourth-order valence-corrected chi connectivity index (χ4v) is 2.95. The van der Waals surface area contributed by atoms with E-state index in [4.69, 9.17) is 10.2 Å². The summed E-state index contributed by atoms with van der Waals surface area (Å²) in [7, 11) is 0. The molecule has 1 amide bonds. The molecule has 1 aromatic carbocycles. The van der Waals surface area contributed by atoms with E-state index >= 15 is 0 Å².